The van der Waals surface area contributed by atoms with Crippen LogP contribution in [0.15, 0.2) is 0 Å². The Balaban J connectivity index is 1.56. The SMILES string of the molecule is COCCCNCC1CN2CCCC2CO1. The van der Waals surface area contributed by atoms with E-state index in [0.717, 1.165) is 39.3 Å². The summed E-state index contributed by atoms with van der Waals surface area (Å²) in [5, 5.41) is 3.44. The topological polar surface area (TPSA) is 33.7 Å². The second kappa shape index (κ2) is 6.55. The van der Waals surface area contributed by atoms with Gasteiger partial charge >= 0.3 is 0 Å². The molecule has 1 N–H and O–H groups in total. The largest absolute Gasteiger partial charge is 0.385 e. The molecular weight excluding hydrogens is 204 g/mol. The second-order valence-corrected chi connectivity index (χ2v) is 4.80. The fourth-order valence-corrected chi connectivity index (χ4v) is 2.61. The Morgan fingerprint density at radius 2 is 2.44 bits per heavy atom. The summed E-state index contributed by atoms with van der Waals surface area (Å²) in [7, 11) is 1.75. The Kier molecular flexibility index (Phi) is 5.03. The minimum atomic E-state index is 0.386. The van der Waals surface area contributed by atoms with Crippen molar-refractivity contribution in [1.29, 1.82) is 0 Å². The highest BCUT2D eigenvalue weighted by atomic mass is 16.5. The van der Waals surface area contributed by atoms with E-state index in [1.807, 2.05) is 0 Å². The third-order valence-electron chi connectivity index (χ3n) is 3.54. The zero-order valence-corrected chi connectivity index (χ0v) is 10.3. The van der Waals surface area contributed by atoms with E-state index in [4.69, 9.17) is 9.47 Å². The first-order valence-electron chi connectivity index (χ1n) is 6.45. The molecule has 0 aliphatic carbocycles. The number of hydrogen-bond acceptors (Lipinski definition) is 4. The Morgan fingerprint density at radius 3 is 3.31 bits per heavy atom. The van der Waals surface area contributed by atoms with E-state index in [0.29, 0.717) is 12.1 Å². The maximum absolute atomic E-state index is 5.86. The highest BCUT2D eigenvalue weighted by Gasteiger charge is 2.31. The zero-order chi connectivity index (χ0) is 11.2. The molecule has 0 amide bonds. The minimum Gasteiger partial charge on any atom is -0.385 e. The number of nitrogens with one attached hydrogen (secondary N) is 1. The molecule has 0 radical (unpaired) electrons. The van der Waals surface area contributed by atoms with Crippen LogP contribution < -0.4 is 5.32 Å². The van der Waals surface area contributed by atoms with E-state index in [-0.39, 0.29) is 0 Å². The van der Waals surface area contributed by atoms with Crippen LogP contribution in [0.4, 0.5) is 0 Å². The van der Waals surface area contributed by atoms with Gasteiger partial charge in [-0.2, -0.15) is 0 Å². The molecule has 2 saturated heterocycles. The number of nitrogens with zero attached hydrogens (tertiary/aromatic N) is 1. The number of methoxy groups -OCH3 is 1. The van der Waals surface area contributed by atoms with Crippen LogP contribution in [-0.4, -0.2) is 63.5 Å². The van der Waals surface area contributed by atoms with Gasteiger partial charge < -0.3 is 14.8 Å². The average Bonchev–Trinajstić information content (AvgIpc) is 2.76. The summed E-state index contributed by atoms with van der Waals surface area (Å²) in [6, 6.07) is 0.713. The summed E-state index contributed by atoms with van der Waals surface area (Å²) in [5.74, 6) is 0. The van der Waals surface area contributed by atoms with E-state index in [1.54, 1.807) is 7.11 Å². The first-order chi connectivity index (χ1) is 7.90. The Morgan fingerprint density at radius 1 is 1.50 bits per heavy atom. The van der Waals surface area contributed by atoms with Crippen LogP contribution in [-0.2, 0) is 9.47 Å². The molecule has 4 heteroatoms. The third kappa shape index (κ3) is 3.42. The third-order valence-corrected chi connectivity index (χ3v) is 3.54. The predicted molar refractivity (Wildman–Crippen MR) is 63.7 cm³/mol. The highest BCUT2D eigenvalue weighted by Crippen LogP contribution is 2.22. The molecule has 16 heavy (non-hydrogen) atoms. The molecular formula is C12H24N2O2. The van der Waals surface area contributed by atoms with Crippen molar-refractivity contribution >= 4 is 0 Å². The molecule has 0 aromatic rings. The van der Waals surface area contributed by atoms with Crippen LogP contribution in [0.5, 0.6) is 0 Å². The fraction of sp³-hybridized carbons (Fsp3) is 1.00. The summed E-state index contributed by atoms with van der Waals surface area (Å²) >= 11 is 0. The van der Waals surface area contributed by atoms with Crippen molar-refractivity contribution in [3.63, 3.8) is 0 Å². The summed E-state index contributed by atoms with van der Waals surface area (Å²) in [6.45, 7) is 6.16. The van der Waals surface area contributed by atoms with Crippen LogP contribution >= 0.6 is 0 Å². The van der Waals surface area contributed by atoms with Crippen molar-refractivity contribution in [3.8, 4) is 0 Å². The summed E-state index contributed by atoms with van der Waals surface area (Å²) < 4.78 is 10.9. The van der Waals surface area contributed by atoms with Crippen LogP contribution in [0.2, 0.25) is 0 Å². The maximum Gasteiger partial charge on any atom is 0.0826 e. The Labute approximate surface area is 98.3 Å². The number of hydrogen-bond donors (Lipinski definition) is 1. The lowest BCUT2D eigenvalue weighted by molar-refractivity contribution is -0.0469. The van der Waals surface area contributed by atoms with E-state index in [2.05, 4.69) is 10.2 Å². The molecule has 0 bridgehead atoms. The van der Waals surface area contributed by atoms with Gasteiger partial charge in [0, 0.05) is 32.8 Å². The monoisotopic (exact) mass is 228 g/mol. The number of fused-ring (bicyclic) bond motifs is 1. The van der Waals surface area contributed by atoms with Crippen molar-refractivity contribution in [1.82, 2.24) is 10.2 Å². The molecule has 2 unspecified atom stereocenters. The van der Waals surface area contributed by atoms with Gasteiger partial charge in [-0.05, 0) is 32.4 Å². The lowest BCUT2D eigenvalue weighted by Gasteiger charge is -2.35. The van der Waals surface area contributed by atoms with E-state index in [9.17, 15) is 0 Å². The van der Waals surface area contributed by atoms with Crippen LogP contribution in [0, 0.1) is 0 Å². The number of rotatable bonds is 6. The van der Waals surface area contributed by atoms with Crippen molar-refractivity contribution in [3.05, 3.63) is 0 Å². The van der Waals surface area contributed by atoms with Gasteiger partial charge in [-0.25, -0.2) is 0 Å². The summed E-state index contributed by atoms with van der Waals surface area (Å²) in [5.41, 5.74) is 0. The molecule has 4 nitrogen and oxygen atoms in total. The zero-order valence-electron chi connectivity index (χ0n) is 10.3. The van der Waals surface area contributed by atoms with Gasteiger partial charge in [-0.1, -0.05) is 0 Å². The smallest absolute Gasteiger partial charge is 0.0826 e. The second-order valence-electron chi connectivity index (χ2n) is 4.80. The van der Waals surface area contributed by atoms with E-state index >= 15 is 0 Å². The van der Waals surface area contributed by atoms with Gasteiger partial charge in [0.05, 0.1) is 12.7 Å². The lowest BCUT2D eigenvalue weighted by atomic mass is 10.2. The summed E-state index contributed by atoms with van der Waals surface area (Å²) in [4.78, 5) is 2.59. The molecule has 0 aromatic heterocycles. The maximum atomic E-state index is 5.86. The highest BCUT2D eigenvalue weighted by molar-refractivity contribution is 4.85. The molecule has 2 rings (SSSR count). The molecule has 94 valence electrons. The molecule has 2 atom stereocenters. The van der Waals surface area contributed by atoms with Gasteiger partial charge in [0.15, 0.2) is 0 Å². The normalized spacial score (nSPS) is 30.6. The number of morpholine rings is 1. The van der Waals surface area contributed by atoms with E-state index in [1.165, 1.54) is 19.4 Å². The summed E-state index contributed by atoms with van der Waals surface area (Å²) in [6.07, 6.45) is 4.14. The molecule has 2 fully saturated rings. The average molecular weight is 228 g/mol. The van der Waals surface area contributed by atoms with E-state index < -0.39 is 0 Å². The molecule has 0 spiro atoms. The Bertz CT molecular complexity index is 201. The van der Waals surface area contributed by atoms with Crippen molar-refractivity contribution in [2.75, 3.05) is 46.5 Å². The van der Waals surface area contributed by atoms with Gasteiger partial charge in [0.1, 0.15) is 0 Å². The van der Waals surface area contributed by atoms with Gasteiger partial charge in [-0.3, -0.25) is 4.90 Å². The molecule has 0 aromatic carbocycles. The van der Waals surface area contributed by atoms with Gasteiger partial charge in [0.25, 0.3) is 0 Å². The van der Waals surface area contributed by atoms with Crippen LogP contribution in [0.25, 0.3) is 0 Å². The molecule has 2 aliphatic rings. The lowest BCUT2D eigenvalue weighted by Crippen LogP contribution is -2.49. The quantitative estimate of drug-likeness (QED) is 0.670. The molecule has 2 aliphatic heterocycles. The standard InChI is InChI=1S/C12H24N2O2/c1-15-7-3-5-13-8-12-9-14-6-2-4-11(14)10-16-12/h11-13H,2-10H2,1H3. The van der Waals surface area contributed by atoms with Crippen molar-refractivity contribution in [2.24, 2.45) is 0 Å². The Hall–Kier alpha value is -0.160. The molecule has 0 saturated carbocycles. The number of ether oxygens (including phenoxy) is 2. The van der Waals surface area contributed by atoms with Crippen molar-refractivity contribution in [2.45, 2.75) is 31.4 Å². The van der Waals surface area contributed by atoms with Crippen LogP contribution in [0.3, 0.4) is 0 Å². The van der Waals surface area contributed by atoms with Gasteiger partial charge in [0.2, 0.25) is 0 Å². The van der Waals surface area contributed by atoms with Crippen LogP contribution in [0.1, 0.15) is 19.3 Å². The van der Waals surface area contributed by atoms with Gasteiger partial charge in [-0.15, -0.1) is 0 Å². The minimum absolute atomic E-state index is 0.386. The molecule has 2 heterocycles. The first kappa shape index (κ1) is 12.3. The predicted octanol–water partition coefficient (Wildman–Crippen LogP) is 0.476. The first-order valence-corrected chi connectivity index (χ1v) is 6.45. The fourth-order valence-electron chi connectivity index (χ4n) is 2.61. The van der Waals surface area contributed by atoms with Crippen molar-refractivity contribution < 1.29 is 9.47 Å².